The number of nitrogens with one attached hydrogen (secondary N) is 1. The molecule has 1 N–H and O–H groups in total. The van der Waals surface area contributed by atoms with Crippen molar-refractivity contribution in [1.82, 2.24) is 5.32 Å². The van der Waals surface area contributed by atoms with E-state index in [4.69, 9.17) is 0 Å². The largest absolute Gasteiger partial charge is 0.372 e. The van der Waals surface area contributed by atoms with Crippen molar-refractivity contribution in [2.45, 2.75) is 25.8 Å². The van der Waals surface area contributed by atoms with Crippen LogP contribution >= 0.6 is 0 Å². The number of rotatable bonds is 2. The highest BCUT2D eigenvalue weighted by atomic mass is 15.1. The molecule has 0 saturated carbocycles. The van der Waals surface area contributed by atoms with Gasteiger partial charge in [-0.25, -0.2) is 0 Å². The Morgan fingerprint density at radius 1 is 1.27 bits per heavy atom. The highest BCUT2D eigenvalue weighted by molar-refractivity contribution is 5.48. The van der Waals surface area contributed by atoms with Gasteiger partial charge in [0.05, 0.1) is 0 Å². The van der Waals surface area contributed by atoms with Crippen molar-refractivity contribution in [3.8, 4) is 0 Å². The lowest BCUT2D eigenvalue weighted by molar-refractivity contribution is 0.443. The zero-order valence-electron chi connectivity index (χ0n) is 9.66. The zero-order chi connectivity index (χ0) is 10.7. The van der Waals surface area contributed by atoms with Crippen molar-refractivity contribution in [2.24, 2.45) is 0 Å². The smallest absolute Gasteiger partial charge is 0.0368 e. The van der Waals surface area contributed by atoms with Crippen LogP contribution in [-0.2, 0) is 0 Å². The molecule has 0 radical (unpaired) electrons. The molecule has 1 aromatic rings. The molecule has 0 amide bonds. The summed E-state index contributed by atoms with van der Waals surface area (Å²) in [6.07, 6.45) is 2.51. The highest BCUT2D eigenvalue weighted by Gasteiger charge is 2.17. The minimum atomic E-state index is 0.702. The molecule has 2 heteroatoms. The molecule has 0 bridgehead atoms. The summed E-state index contributed by atoms with van der Waals surface area (Å²) in [6.45, 7) is 4.46. The second-order valence-electron chi connectivity index (χ2n) is 4.43. The van der Waals surface area contributed by atoms with Gasteiger partial charge in [0.25, 0.3) is 0 Å². The fourth-order valence-electron chi connectivity index (χ4n) is 2.25. The van der Waals surface area contributed by atoms with Crippen LogP contribution in [0.4, 0.5) is 5.69 Å². The van der Waals surface area contributed by atoms with E-state index in [0.717, 1.165) is 13.1 Å². The van der Waals surface area contributed by atoms with Gasteiger partial charge in [-0.2, -0.15) is 0 Å². The summed E-state index contributed by atoms with van der Waals surface area (Å²) in [5, 5.41) is 3.41. The molecule has 15 heavy (non-hydrogen) atoms. The van der Waals surface area contributed by atoms with Crippen LogP contribution in [0, 0.1) is 6.92 Å². The van der Waals surface area contributed by atoms with Crippen LogP contribution in [0.1, 0.15) is 18.4 Å². The third-order valence-electron chi connectivity index (χ3n) is 3.27. The molecule has 0 aromatic heterocycles. The molecule has 1 saturated heterocycles. The highest BCUT2D eigenvalue weighted by Crippen LogP contribution is 2.20. The quantitative estimate of drug-likeness (QED) is 0.794. The molecule has 2 nitrogen and oxygen atoms in total. The predicted molar refractivity (Wildman–Crippen MR) is 65.5 cm³/mol. The average molecular weight is 204 g/mol. The van der Waals surface area contributed by atoms with Gasteiger partial charge in [-0.3, -0.25) is 0 Å². The topological polar surface area (TPSA) is 15.3 Å². The van der Waals surface area contributed by atoms with Crippen LogP contribution < -0.4 is 10.2 Å². The van der Waals surface area contributed by atoms with Gasteiger partial charge < -0.3 is 10.2 Å². The number of hydrogen-bond donors (Lipinski definition) is 1. The molecule has 1 heterocycles. The maximum atomic E-state index is 3.41. The summed E-state index contributed by atoms with van der Waals surface area (Å²) in [7, 11) is 2.21. The van der Waals surface area contributed by atoms with E-state index >= 15 is 0 Å². The molecule has 0 unspecified atom stereocenters. The molecule has 1 fully saturated rings. The average Bonchev–Trinajstić information content (AvgIpc) is 2.29. The number of hydrogen-bond acceptors (Lipinski definition) is 2. The first kappa shape index (κ1) is 10.5. The van der Waals surface area contributed by atoms with Gasteiger partial charge in [-0.05, 0) is 50.6 Å². The molecule has 1 aromatic carbocycles. The second-order valence-corrected chi connectivity index (χ2v) is 4.43. The summed E-state index contributed by atoms with van der Waals surface area (Å²) in [5.74, 6) is 0. The summed E-state index contributed by atoms with van der Waals surface area (Å²) in [5.41, 5.74) is 2.69. The Bertz CT molecular complexity index is 316. The van der Waals surface area contributed by atoms with Crippen molar-refractivity contribution >= 4 is 5.69 Å². The maximum absolute atomic E-state index is 3.41. The van der Waals surface area contributed by atoms with Crippen molar-refractivity contribution in [3.63, 3.8) is 0 Å². The van der Waals surface area contributed by atoms with Gasteiger partial charge in [0.1, 0.15) is 0 Å². The molecule has 1 aliphatic rings. The van der Waals surface area contributed by atoms with Gasteiger partial charge >= 0.3 is 0 Å². The molecule has 2 rings (SSSR count). The van der Waals surface area contributed by atoms with Crippen LogP contribution in [0.5, 0.6) is 0 Å². The van der Waals surface area contributed by atoms with E-state index in [1.54, 1.807) is 0 Å². The van der Waals surface area contributed by atoms with Gasteiger partial charge in [-0.1, -0.05) is 12.1 Å². The Balaban J connectivity index is 2.08. The van der Waals surface area contributed by atoms with Crippen molar-refractivity contribution in [3.05, 3.63) is 29.8 Å². The fourth-order valence-corrected chi connectivity index (χ4v) is 2.25. The third kappa shape index (κ3) is 2.51. The number of anilines is 1. The van der Waals surface area contributed by atoms with Crippen LogP contribution in [0.15, 0.2) is 24.3 Å². The first-order chi connectivity index (χ1) is 7.27. The SMILES string of the molecule is Cc1cccc(N(C)C2CCNCC2)c1. The number of piperidine rings is 1. The number of nitrogens with zero attached hydrogens (tertiary/aromatic N) is 1. The van der Waals surface area contributed by atoms with Crippen molar-refractivity contribution in [2.75, 3.05) is 25.0 Å². The second kappa shape index (κ2) is 4.67. The van der Waals surface area contributed by atoms with E-state index in [2.05, 4.69) is 48.5 Å². The lowest BCUT2D eigenvalue weighted by Gasteiger charge is -2.33. The van der Waals surface area contributed by atoms with Gasteiger partial charge in [0, 0.05) is 18.8 Å². The van der Waals surface area contributed by atoms with Crippen LogP contribution in [-0.4, -0.2) is 26.2 Å². The first-order valence-corrected chi connectivity index (χ1v) is 5.77. The minimum Gasteiger partial charge on any atom is -0.372 e. The standard InChI is InChI=1S/C13H20N2/c1-11-4-3-5-13(10-11)15(2)12-6-8-14-9-7-12/h3-5,10,12,14H,6-9H2,1-2H3. The fraction of sp³-hybridized carbons (Fsp3) is 0.538. The van der Waals surface area contributed by atoms with E-state index in [9.17, 15) is 0 Å². The third-order valence-corrected chi connectivity index (χ3v) is 3.27. The maximum Gasteiger partial charge on any atom is 0.0368 e. The normalized spacial score (nSPS) is 17.7. The van der Waals surface area contributed by atoms with E-state index in [1.807, 2.05) is 0 Å². The monoisotopic (exact) mass is 204 g/mol. The lowest BCUT2D eigenvalue weighted by atomic mass is 10.0. The summed E-state index contributed by atoms with van der Waals surface area (Å²) >= 11 is 0. The predicted octanol–water partition coefficient (Wildman–Crippen LogP) is 2.18. The van der Waals surface area contributed by atoms with Gasteiger partial charge in [-0.15, -0.1) is 0 Å². The van der Waals surface area contributed by atoms with E-state index in [1.165, 1.54) is 24.1 Å². The van der Waals surface area contributed by atoms with E-state index in [-0.39, 0.29) is 0 Å². The Hall–Kier alpha value is -1.02. The molecular formula is C13H20N2. The Morgan fingerprint density at radius 2 is 2.00 bits per heavy atom. The molecule has 1 aliphatic heterocycles. The van der Waals surface area contributed by atoms with E-state index < -0.39 is 0 Å². The van der Waals surface area contributed by atoms with Crippen LogP contribution in [0.2, 0.25) is 0 Å². The summed E-state index contributed by atoms with van der Waals surface area (Å²) < 4.78 is 0. The van der Waals surface area contributed by atoms with Crippen molar-refractivity contribution in [1.29, 1.82) is 0 Å². The number of benzene rings is 1. The summed E-state index contributed by atoms with van der Waals surface area (Å²) in [4.78, 5) is 2.42. The van der Waals surface area contributed by atoms with E-state index in [0.29, 0.717) is 6.04 Å². The Labute approximate surface area is 92.3 Å². The van der Waals surface area contributed by atoms with Gasteiger partial charge in [0.2, 0.25) is 0 Å². The molecule has 0 atom stereocenters. The van der Waals surface area contributed by atoms with Crippen LogP contribution in [0.25, 0.3) is 0 Å². The summed E-state index contributed by atoms with van der Waals surface area (Å²) in [6, 6.07) is 9.46. The molecule has 0 aliphatic carbocycles. The van der Waals surface area contributed by atoms with Crippen LogP contribution in [0.3, 0.4) is 0 Å². The lowest BCUT2D eigenvalue weighted by Crippen LogP contribution is -2.41. The number of aryl methyl sites for hydroxylation is 1. The molecular weight excluding hydrogens is 184 g/mol. The van der Waals surface area contributed by atoms with Gasteiger partial charge in [0.15, 0.2) is 0 Å². The molecule has 0 spiro atoms. The molecule has 82 valence electrons. The first-order valence-electron chi connectivity index (χ1n) is 5.77. The zero-order valence-corrected chi connectivity index (χ0v) is 9.66. The Kier molecular flexibility index (Phi) is 3.27. The minimum absolute atomic E-state index is 0.702. The van der Waals surface area contributed by atoms with Crippen molar-refractivity contribution < 1.29 is 0 Å². The Morgan fingerprint density at radius 3 is 2.67 bits per heavy atom.